The van der Waals surface area contributed by atoms with Crippen LogP contribution in [0, 0.1) is 17.3 Å². The number of alkyl halides is 3. The van der Waals surface area contributed by atoms with Gasteiger partial charge < -0.3 is 14.4 Å². The van der Waals surface area contributed by atoms with Crippen LogP contribution in [0.5, 0.6) is 0 Å². The first-order valence-electron chi connectivity index (χ1n) is 16.5. The van der Waals surface area contributed by atoms with E-state index in [0.29, 0.717) is 17.7 Å². The molecule has 256 valence electrons. The van der Waals surface area contributed by atoms with Crippen LogP contribution in [0.25, 0.3) is 0 Å². The summed E-state index contributed by atoms with van der Waals surface area (Å²) in [5, 5.41) is 0. The van der Waals surface area contributed by atoms with E-state index in [0.717, 1.165) is 31.6 Å². The molecule has 0 N–H and O–H groups in total. The lowest BCUT2D eigenvalue weighted by Crippen LogP contribution is -2.41. The number of hydrogen-bond acceptors (Lipinski definition) is 6. The zero-order valence-corrected chi connectivity index (χ0v) is 28.1. The molecule has 7 nitrogen and oxygen atoms in total. The van der Waals surface area contributed by atoms with Gasteiger partial charge in [-0.3, -0.25) is 14.4 Å². The molecule has 1 atom stereocenters. The molecule has 10 heteroatoms. The average molecular weight is 642 g/mol. The van der Waals surface area contributed by atoms with Crippen molar-refractivity contribution in [2.75, 3.05) is 18.1 Å². The molecule has 0 heterocycles. The van der Waals surface area contributed by atoms with E-state index in [9.17, 15) is 32.3 Å². The summed E-state index contributed by atoms with van der Waals surface area (Å²) in [4.78, 5) is 50.5. The van der Waals surface area contributed by atoms with Crippen LogP contribution >= 0.6 is 0 Å². The van der Waals surface area contributed by atoms with Gasteiger partial charge in [-0.2, -0.15) is 13.2 Å². The number of benzene rings is 1. The fraction of sp³-hybridized carbons (Fsp3) is 0.714. The Morgan fingerprint density at radius 2 is 1.20 bits per heavy atom. The van der Waals surface area contributed by atoms with Crippen LogP contribution in [0.4, 0.5) is 18.9 Å². The maximum Gasteiger partial charge on any atom is 0.471 e. The minimum absolute atomic E-state index is 0.0245. The molecule has 0 aliphatic heterocycles. The Morgan fingerprint density at radius 1 is 0.733 bits per heavy atom. The zero-order chi connectivity index (χ0) is 34.0. The van der Waals surface area contributed by atoms with Crippen LogP contribution < -0.4 is 4.90 Å². The molecule has 0 saturated heterocycles. The zero-order valence-electron chi connectivity index (χ0n) is 28.1. The van der Waals surface area contributed by atoms with E-state index in [1.54, 1.807) is 27.7 Å². The molecular formula is C35H54F3NO6. The average Bonchev–Trinajstić information content (AvgIpc) is 2.93. The summed E-state index contributed by atoms with van der Waals surface area (Å²) in [7, 11) is 0. The van der Waals surface area contributed by atoms with Gasteiger partial charge in [0.15, 0.2) is 5.92 Å². The second-order valence-electron chi connectivity index (χ2n) is 13.2. The van der Waals surface area contributed by atoms with E-state index >= 15 is 0 Å². The Balaban J connectivity index is 2.61. The highest BCUT2D eigenvalue weighted by Crippen LogP contribution is 2.29. The van der Waals surface area contributed by atoms with E-state index in [1.165, 1.54) is 69.2 Å². The number of esters is 3. The molecule has 0 fully saturated rings. The van der Waals surface area contributed by atoms with Crippen molar-refractivity contribution < 1.29 is 41.8 Å². The van der Waals surface area contributed by atoms with E-state index in [-0.39, 0.29) is 24.4 Å². The molecule has 0 saturated carbocycles. The molecular weight excluding hydrogens is 587 g/mol. The molecule has 1 unspecified atom stereocenters. The first-order chi connectivity index (χ1) is 21.1. The van der Waals surface area contributed by atoms with Gasteiger partial charge in [-0.15, -0.1) is 0 Å². The van der Waals surface area contributed by atoms with E-state index in [2.05, 4.69) is 13.8 Å². The smallest absolute Gasteiger partial charge is 0.465 e. The fourth-order valence-corrected chi connectivity index (χ4v) is 5.11. The number of unbranched alkanes of at least 4 members (excludes halogenated alkanes) is 11. The third-order valence-corrected chi connectivity index (χ3v) is 7.63. The molecule has 0 radical (unpaired) electrons. The normalized spacial score (nSPS) is 12.6. The van der Waals surface area contributed by atoms with Crippen molar-refractivity contribution in [1.29, 1.82) is 0 Å². The van der Waals surface area contributed by atoms with Crippen LogP contribution in [0.2, 0.25) is 0 Å². The number of ether oxygens (including phenoxy) is 2. The van der Waals surface area contributed by atoms with Crippen LogP contribution in [0.3, 0.4) is 0 Å². The van der Waals surface area contributed by atoms with Crippen molar-refractivity contribution in [3.8, 4) is 0 Å². The summed E-state index contributed by atoms with van der Waals surface area (Å²) < 4.78 is 50.0. The predicted molar refractivity (Wildman–Crippen MR) is 170 cm³/mol. The summed E-state index contributed by atoms with van der Waals surface area (Å²) in [6.45, 7) is 10.9. The molecule has 1 amide bonds. The molecule has 0 bridgehead atoms. The maximum atomic E-state index is 13.4. The number of amides is 1. The quantitative estimate of drug-likeness (QED) is 0.0801. The van der Waals surface area contributed by atoms with Gasteiger partial charge in [0, 0.05) is 12.2 Å². The summed E-state index contributed by atoms with van der Waals surface area (Å²) in [5.74, 6) is -5.54. The summed E-state index contributed by atoms with van der Waals surface area (Å²) in [5.41, 5.74) is -1.03. The van der Waals surface area contributed by atoms with E-state index in [4.69, 9.17) is 9.47 Å². The van der Waals surface area contributed by atoms with Crippen LogP contribution in [0.1, 0.15) is 135 Å². The Bertz CT molecular complexity index is 1050. The molecule has 45 heavy (non-hydrogen) atoms. The van der Waals surface area contributed by atoms with Gasteiger partial charge in [0.05, 0.1) is 12.2 Å². The van der Waals surface area contributed by atoms with Crippen LogP contribution in [0.15, 0.2) is 24.3 Å². The van der Waals surface area contributed by atoms with Gasteiger partial charge in [-0.25, -0.2) is 4.79 Å². The van der Waals surface area contributed by atoms with Crippen molar-refractivity contribution in [2.45, 2.75) is 131 Å². The minimum Gasteiger partial charge on any atom is -0.465 e. The Labute approximate surface area is 267 Å². The molecule has 0 aliphatic carbocycles. The monoisotopic (exact) mass is 641 g/mol. The van der Waals surface area contributed by atoms with Crippen molar-refractivity contribution in [1.82, 2.24) is 0 Å². The number of rotatable bonds is 20. The number of halogens is 3. The molecule has 1 aromatic carbocycles. The molecule has 0 aliphatic rings. The number of hydrogen-bond donors (Lipinski definition) is 0. The number of anilines is 1. The summed E-state index contributed by atoms with van der Waals surface area (Å²) in [6, 6.07) is 4.79. The Kier molecular flexibility index (Phi) is 18.1. The molecule has 1 aromatic rings. The second kappa shape index (κ2) is 20.3. The lowest BCUT2D eigenvalue weighted by Gasteiger charge is -2.26. The highest BCUT2D eigenvalue weighted by molar-refractivity contribution is 6.04. The van der Waals surface area contributed by atoms with Gasteiger partial charge >= 0.3 is 30.0 Å². The minimum atomic E-state index is -5.06. The number of carbonyl (C=O) groups excluding carboxylic acids is 4. The number of nitrogens with zero attached hydrogens (tertiary/aromatic N) is 1. The molecule has 0 aromatic heterocycles. The standard InChI is InChI=1S/C35H54F3NO6/c1-7-44-31(41)29(34(4,5)6)32(42)45-30(40)27-21-23-28(24-22-27)39(33(43)35(36,37)38)25-19-17-15-13-11-9-8-10-12-14-16-18-20-26(2)3/h21-24,26,29H,7-20,25H2,1-6H3. The molecule has 1 rings (SSSR count). The van der Waals surface area contributed by atoms with Crippen molar-refractivity contribution >= 4 is 29.5 Å². The van der Waals surface area contributed by atoms with Crippen LogP contribution in [-0.4, -0.2) is 43.1 Å². The predicted octanol–water partition coefficient (Wildman–Crippen LogP) is 9.22. The third-order valence-electron chi connectivity index (χ3n) is 7.63. The van der Waals surface area contributed by atoms with E-state index in [1.807, 2.05) is 0 Å². The highest BCUT2D eigenvalue weighted by Gasteiger charge is 2.43. The topological polar surface area (TPSA) is 90.0 Å². The SMILES string of the molecule is CCOC(=O)C(C(=O)OC(=O)c1ccc(N(CCCCCCCCCCCCCCC(C)C)C(=O)C(F)(F)F)cc1)C(C)(C)C. The maximum absolute atomic E-state index is 13.4. The summed E-state index contributed by atoms with van der Waals surface area (Å²) >= 11 is 0. The van der Waals surface area contributed by atoms with Crippen molar-refractivity contribution in [3.05, 3.63) is 29.8 Å². The van der Waals surface area contributed by atoms with Gasteiger partial charge in [0.25, 0.3) is 0 Å². The first-order valence-corrected chi connectivity index (χ1v) is 16.5. The summed E-state index contributed by atoms with van der Waals surface area (Å²) in [6.07, 6.45) is 9.09. The lowest BCUT2D eigenvalue weighted by atomic mass is 9.81. The Morgan fingerprint density at radius 3 is 1.62 bits per heavy atom. The molecule has 0 spiro atoms. The Hall–Kier alpha value is -2.91. The van der Waals surface area contributed by atoms with E-state index < -0.39 is 41.3 Å². The second-order valence-corrected chi connectivity index (χ2v) is 13.2. The first kappa shape index (κ1) is 40.1. The largest absolute Gasteiger partial charge is 0.471 e. The van der Waals surface area contributed by atoms with Gasteiger partial charge in [-0.1, -0.05) is 112 Å². The van der Waals surface area contributed by atoms with Crippen LogP contribution in [-0.2, 0) is 23.9 Å². The van der Waals surface area contributed by atoms with Gasteiger partial charge in [0.2, 0.25) is 0 Å². The third kappa shape index (κ3) is 15.8. The number of carbonyl (C=O) groups is 4. The van der Waals surface area contributed by atoms with Crippen molar-refractivity contribution in [3.63, 3.8) is 0 Å². The lowest BCUT2D eigenvalue weighted by molar-refractivity contribution is -0.170. The fourth-order valence-electron chi connectivity index (χ4n) is 5.11. The van der Waals surface area contributed by atoms with Crippen molar-refractivity contribution in [2.24, 2.45) is 17.3 Å². The van der Waals surface area contributed by atoms with Gasteiger partial charge in [-0.05, 0) is 48.9 Å². The highest BCUT2D eigenvalue weighted by atomic mass is 19.4. The van der Waals surface area contributed by atoms with Gasteiger partial charge in [0.1, 0.15) is 0 Å².